The van der Waals surface area contributed by atoms with Crippen molar-refractivity contribution in [2.24, 2.45) is 0 Å². The SMILES string of the molecule is Clc1ccc(Cl)c(CNCCC2=CCCCC2)c1. The van der Waals surface area contributed by atoms with E-state index in [1.54, 1.807) is 5.57 Å². The fourth-order valence-corrected chi connectivity index (χ4v) is 2.66. The summed E-state index contributed by atoms with van der Waals surface area (Å²) in [5.74, 6) is 0. The highest BCUT2D eigenvalue weighted by molar-refractivity contribution is 6.33. The summed E-state index contributed by atoms with van der Waals surface area (Å²) < 4.78 is 0. The van der Waals surface area contributed by atoms with E-state index in [0.717, 1.165) is 35.1 Å². The molecule has 0 radical (unpaired) electrons. The van der Waals surface area contributed by atoms with Gasteiger partial charge in [-0.15, -0.1) is 0 Å². The van der Waals surface area contributed by atoms with E-state index in [0.29, 0.717) is 0 Å². The molecule has 1 aliphatic carbocycles. The van der Waals surface area contributed by atoms with Crippen molar-refractivity contribution in [1.29, 1.82) is 0 Å². The molecule has 0 aliphatic heterocycles. The van der Waals surface area contributed by atoms with Gasteiger partial charge in [0.2, 0.25) is 0 Å². The largest absolute Gasteiger partial charge is 0.312 e. The average molecular weight is 284 g/mol. The Kier molecular flexibility index (Phi) is 5.55. The van der Waals surface area contributed by atoms with E-state index in [2.05, 4.69) is 11.4 Å². The summed E-state index contributed by atoms with van der Waals surface area (Å²) in [7, 11) is 0. The Labute approximate surface area is 119 Å². The Hall–Kier alpha value is -0.500. The first-order valence-electron chi connectivity index (χ1n) is 6.58. The molecular formula is C15H19Cl2N. The van der Waals surface area contributed by atoms with Crippen LogP contribution in [-0.4, -0.2) is 6.54 Å². The van der Waals surface area contributed by atoms with Crippen LogP contribution in [0.4, 0.5) is 0 Å². The third-order valence-electron chi connectivity index (χ3n) is 3.33. The standard InChI is InChI=1S/C15H19Cl2N/c16-14-6-7-15(17)13(10-14)11-18-9-8-12-4-2-1-3-5-12/h4,6-7,10,18H,1-3,5,8-9,11H2. The predicted molar refractivity (Wildman–Crippen MR) is 79.3 cm³/mol. The van der Waals surface area contributed by atoms with E-state index in [1.165, 1.54) is 25.7 Å². The second kappa shape index (κ2) is 7.18. The smallest absolute Gasteiger partial charge is 0.0451 e. The van der Waals surface area contributed by atoms with E-state index >= 15 is 0 Å². The second-order valence-corrected chi connectivity index (χ2v) is 5.61. The van der Waals surface area contributed by atoms with Gasteiger partial charge in [0.15, 0.2) is 0 Å². The van der Waals surface area contributed by atoms with Crippen LogP contribution in [0.15, 0.2) is 29.8 Å². The van der Waals surface area contributed by atoms with Gasteiger partial charge in [-0.25, -0.2) is 0 Å². The van der Waals surface area contributed by atoms with E-state index in [9.17, 15) is 0 Å². The number of hydrogen-bond donors (Lipinski definition) is 1. The quantitative estimate of drug-likeness (QED) is 0.594. The molecule has 0 aromatic heterocycles. The van der Waals surface area contributed by atoms with Gasteiger partial charge >= 0.3 is 0 Å². The number of hydrogen-bond acceptors (Lipinski definition) is 1. The van der Waals surface area contributed by atoms with Crippen LogP contribution in [0.3, 0.4) is 0 Å². The molecule has 1 nitrogen and oxygen atoms in total. The summed E-state index contributed by atoms with van der Waals surface area (Å²) in [5, 5.41) is 4.96. The predicted octanol–water partition coefficient (Wildman–Crippen LogP) is 4.97. The highest BCUT2D eigenvalue weighted by Gasteiger charge is 2.04. The lowest BCUT2D eigenvalue weighted by atomic mass is 9.97. The molecule has 1 aromatic rings. The van der Waals surface area contributed by atoms with Gasteiger partial charge in [-0.05, 0) is 62.4 Å². The van der Waals surface area contributed by atoms with Gasteiger partial charge in [-0.3, -0.25) is 0 Å². The van der Waals surface area contributed by atoms with Crippen molar-refractivity contribution in [2.45, 2.75) is 38.6 Å². The minimum atomic E-state index is 0.742. The lowest BCUT2D eigenvalue weighted by molar-refractivity contribution is 0.632. The van der Waals surface area contributed by atoms with Crippen LogP contribution in [0.5, 0.6) is 0 Å². The average Bonchev–Trinajstić information content (AvgIpc) is 2.40. The molecule has 98 valence electrons. The maximum absolute atomic E-state index is 6.11. The Morgan fingerprint density at radius 2 is 2.06 bits per heavy atom. The van der Waals surface area contributed by atoms with Gasteiger partial charge in [-0.2, -0.15) is 0 Å². The summed E-state index contributed by atoms with van der Waals surface area (Å²) >= 11 is 12.1. The first kappa shape index (κ1) is 13.9. The summed E-state index contributed by atoms with van der Waals surface area (Å²) in [6, 6.07) is 5.60. The zero-order valence-electron chi connectivity index (χ0n) is 10.5. The summed E-state index contributed by atoms with van der Waals surface area (Å²) in [6.45, 7) is 1.79. The molecule has 0 atom stereocenters. The van der Waals surface area contributed by atoms with Crippen molar-refractivity contribution in [3.8, 4) is 0 Å². The molecule has 0 heterocycles. The van der Waals surface area contributed by atoms with Crippen LogP contribution in [0.2, 0.25) is 10.0 Å². The summed E-state index contributed by atoms with van der Waals surface area (Å²) in [4.78, 5) is 0. The third-order valence-corrected chi connectivity index (χ3v) is 3.93. The van der Waals surface area contributed by atoms with E-state index < -0.39 is 0 Å². The molecule has 0 saturated carbocycles. The van der Waals surface area contributed by atoms with Crippen LogP contribution >= 0.6 is 23.2 Å². The van der Waals surface area contributed by atoms with Crippen molar-refractivity contribution < 1.29 is 0 Å². The van der Waals surface area contributed by atoms with Crippen molar-refractivity contribution in [3.63, 3.8) is 0 Å². The zero-order valence-corrected chi connectivity index (χ0v) is 12.0. The second-order valence-electron chi connectivity index (χ2n) is 4.77. The van der Waals surface area contributed by atoms with Crippen molar-refractivity contribution in [2.75, 3.05) is 6.54 Å². The number of halogens is 2. The van der Waals surface area contributed by atoms with Gasteiger partial charge in [0.05, 0.1) is 0 Å². The molecular weight excluding hydrogens is 265 g/mol. The minimum absolute atomic E-state index is 0.742. The number of nitrogens with one attached hydrogen (secondary N) is 1. The van der Waals surface area contributed by atoms with Crippen LogP contribution < -0.4 is 5.32 Å². The van der Waals surface area contributed by atoms with Gasteiger partial charge in [0.25, 0.3) is 0 Å². The van der Waals surface area contributed by atoms with Gasteiger partial charge < -0.3 is 5.32 Å². The number of benzene rings is 1. The molecule has 0 saturated heterocycles. The van der Waals surface area contributed by atoms with Crippen LogP contribution in [-0.2, 0) is 6.54 Å². The first-order chi connectivity index (χ1) is 8.75. The molecule has 0 bridgehead atoms. The molecule has 18 heavy (non-hydrogen) atoms. The lowest BCUT2D eigenvalue weighted by Gasteiger charge is -2.13. The van der Waals surface area contributed by atoms with Crippen molar-refractivity contribution in [1.82, 2.24) is 5.32 Å². The molecule has 1 aromatic carbocycles. The van der Waals surface area contributed by atoms with Crippen LogP contribution in [0, 0.1) is 0 Å². The molecule has 0 unspecified atom stereocenters. The molecule has 3 heteroatoms. The Balaban J connectivity index is 1.74. The number of allylic oxidation sites excluding steroid dienone is 1. The molecule has 0 spiro atoms. The topological polar surface area (TPSA) is 12.0 Å². The molecule has 0 amide bonds. The normalized spacial score (nSPS) is 15.6. The summed E-state index contributed by atoms with van der Waals surface area (Å²) in [6.07, 6.45) is 8.80. The first-order valence-corrected chi connectivity index (χ1v) is 7.34. The maximum Gasteiger partial charge on any atom is 0.0451 e. The molecule has 2 rings (SSSR count). The van der Waals surface area contributed by atoms with E-state index in [1.807, 2.05) is 18.2 Å². The van der Waals surface area contributed by atoms with E-state index in [4.69, 9.17) is 23.2 Å². The summed E-state index contributed by atoms with van der Waals surface area (Å²) in [5.41, 5.74) is 2.67. The Morgan fingerprint density at radius 3 is 2.83 bits per heavy atom. The fourth-order valence-electron chi connectivity index (χ4n) is 2.28. The molecule has 1 aliphatic rings. The van der Waals surface area contributed by atoms with Crippen LogP contribution in [0.25, 0.3) is 0 Å². The number of rotatable bonds is 5. The highest BCUT2D eigenvalue weighted by atomic mass is 35.5. The Morgan fingerprint density at radius 1 is 1.17 bits per heavy atom. The zero-order chi connectivity index (χ0) is 12.8. The van der Waals surface area contributed by atoms with Crippen LogP contribution in [0.1, 0.15) is 37.7 Å². The third kappa shape index (κ3) is 4.31. The van der Waals surface area contributed by atoms with Gasteiger partial charge in [-0.1, -0.05) is 34.9 Å². The maximum atomic E-state index is 6.11. The van der Waals surface area contributed by atoms with Crippen molar-refractivity contribution in [3.05, 3.63) is 45.5 Å². The molecule has 1 N–H and O–H groups in total. The minimum Gasteiger partial charge on any atom is -0.312 e. The monoisotopic (exact) mass is 283 g/mol. The van der Waals surface area contributed by atoms with Crippen molar-refractivity contribution >= 4 is 23.2 Å². The molecule has 0 fully saturated rings. The lowest BCUT2D eigenvalue weighted by Crippen LogP contribution is -2.16. The van der Waals surface area contributed by atoms with Gasteiger partial charge in [0.1, 0.15) is 0 Å². The highest BCUT2D eigenvalue weighted by Crippen LogP contribution is 2.21. The fraction of sp³-hybridized carbons (Fsp3) is 0.467. The van der Waals surface area contributed by atoms with Gasteiger partial charge in [0, 0.05) is 16.6 Å². The Bertz CT molecular complexity index is 427. The van der Waals surface area contributed by atoms with E-state index in [-0.39, 0.29) is 0 Å².